The van der Waals surface area contributed by atoms with Crippen LogP contribution in [-0.4, -0.2) is 54.2 Å². The van der Waals surface area contributed by atoms with E-state index in [1.807, 2.05) is 20.8 Å². The van der Waals surface area contributed by atoms with Crippen LogP contribution >= 0.6 is 0 Å². The minimum atomic E-state index is -0.794. The molecule has 1 rings (SSSR count). The monoisotopic (exact) mass is 342 g/mol. The molecule has 7 nitrogen and oxygen atoms in total. The highest BCUT2D eigenvalue weighted by molar-refractivity contribution is 5.90. The van der Waals surface area contributed by atoms with Crippen LogP contribution < -0.4 is 5.32 Å². The summed E-state index contributed by atoms with van der Waals surface area (Å²) >= 11 is 0. The Kier molecular flexibility index (Phi) is 6.25. The van der Waals surface area contributed by atoms with Gasteiger partial charge in [0.15, 0.2) is 0 Å². The lowest BCUT2D eigenvalue weighted by atomic mass is 9.85. The minimum Gasteiger partial charge on any atom is -0.467 e. The second-order valence-electron chi connectivity index (χ2n) is 8.16. The molecule has 7 heteroatoms. The number of likely N-dealkylation sites (tertiary alicyclic amines) is 1. The third-order valence-corrected chi connectivity index (χ3v) is 3.78. The fourth-order valence-corrected chi connectivity index (χ4v) is 2.65. The van der Waals surface area contributed by atoms with E-state index in [2.05, 4.69) is 5.32 Å². The molecule has 0 saturated carbocycles. The second kappa shape index (κ2) is 7.40. The highest BCUT2D eigenvalue weighted by Crippen LogP contribution is 2.26. The summed E-state index contributed by atoms with van der Waals surface area (Å²) in [7, 11) is 1.31. The predicted molar refractivity (Wildman–Crippen MR) is 89.4 cm³/mol. The third kappa shape index (κ3) is 5.39. The maximum Gasteiger partial charge on any atom is 0.408 e. The van der Waals surface area contributed by atoms with E-state index in [-0.39, 0.29) is 5.91 Å². The normalized spacial score (nSPS) is 19.6. The first-order chi connectivity index (χ1) is 10.9. The van der Waals surface area contributed by atoms with Gasteiger partial charge in [0.2, 0.25) is 5.91 Å². The molecule has 0 aliphatic carbocycles. The number of nitrogens with one attached hydrogen (secondary N) is 1. The summed E-state index contributed by atoms with van der Waals surface area (Å²) in [6.45, 7) is 11.3. The van der Waals surface area contributed by atoms with Gasteiger partial charge in [-0.25, -0.2) is 9.59 Å². The SMILES string of the molecule is COC(=O)C1CCCN1C(=O)C(NC(=O)OC(C)(C)C)C(C)(C)C. The molecule has 2 atom stereocenters. The summed E-state index contributed by atoms with van der Waals surface area (Å²) in [4.78, 5) is 38.5. The lowest BCUT2D eigenvalue weighted by molar-refractivity contribution is -0.152. The highest BCUT2D eigenvalue weighted by atomic mass is 16.6. The van der Waals surface area contributed by atoms with Gasteiger partial charge in [-0.05, 0) is 39.0 Å². The molecule has 0 aromatic heterocycles. The van der Waals surface area contributed by atoms with Crippen molar-refractivity contribution in [1.82, 2.24) is 10.2 Å². The number of amides is 2. The van der Waals surface area contributed by atoms with Crippen LogP contribution in [0, 0.1) is 5.41 Å². The van der Waals surface area contributed by atoms with Crippen LogP contribution in [0.15, 0.2) is 0 Å². The number of rotatable bonds is 3. The van der Waals surface area contributed by atoms with Gasteiger partial charge in [-0.15, -0.1) is 0 Å². The first-order valence-corrected chi connectivity index (χ1v) is 8.24. The molecule has 1 aliphatic heterocycles. The zero-order valence-electron chi connectivity index (χ0n) is 15.8. The maximum absolute atomic E-state index is 13.0. The Hall–Kier alpha value is -1.79. The summed E-state index contributed by atoms with van der Waals surface area (Å²) in [5, 5.41) is 2.66. The molecule has 1 fully saturated rings. The van der Waals surface area contributed by atoms with Crippen molar-refractivity contribution in [2.75, 3.05) is 13.7 Å². The van der Waals surface area contributed by atoms with E-state index < -0.39 is 35.2 Å². The smallest absolute Gasteiger partial charge is 0.408 e. The Morgan fingerprint density at radius 1 is 1.12 bits per heavy atom. The van der Waals surface area contributed by atoms with Crippen molar-refractivity contribution in [2.45, 2.75) is 72.1 Å². The van der Waals surface area contributed by atoms with Gasteiger partial charge in [0.1, 0.15) is 17.7 Å². The van der Waals surface area contributed by atoms with Crippen molar-refractivity contribution in [3.05, 3.63) is 0 Å². The van der Waals surface area contributed by atoms with Crippen molar-refractivity contribution in [1.29, 1.82) is 0 Å². The van der Waals surface area contributed by atoms with E-state index >= 15 is 0 Å². The van der Waals surface area contributed by atoms with Gasteiger partial charge in [0.05, 0.1) is 7.11 Å². The van der Waals surface area contributed by atoms with Gasteiger partial charge in [-0.2, -0.15) is 0 Å². The van der Waals surface area contributed by atoms with Gasteiger partial charge >= 0.3 is 12.1 Å². The molecule has 0 radical (unpaired) electrons. The van der Waals surface area contributed by atoms with Crippen molar-refractivity contribution in [3.8, 4) is 0 Å². The molecule has 2 unspecified atom stereocenters. The summed E-state index contributed by atoms with van der Waals surface area (Å²) in [5.41, 5.74) is -1.19. The maximum atomic E-state index is 13.0. The van der Waals surface area contributed by atoms with Crippen molar-refractivity contribution in [2.24, 2.45) is 5.41 Å². The number of carbonyl (C=O) groups is 3. The van der Waals surface area contributed by atoms with Crippen molar-refractivity contribution < 1.29 is 23.9 Å². The number of ether oxygens (including phenoxy) is 2. The molecular formula is C17H30N2O5. The molecule has 1 heterocycles. The number of methoxy groups -OCH3 is 1. The first kappa shape index (κ1) is 20.3. The molecule has 1 aliphatic rings. The zero-order valence-corrected chi connectivity index (χ0v) is 15.8. The summed E-state index contributed by atoms with van der Waals surface area (Å²) in [6, 6.07) is -1.38. The molecule has 138 valence electrons. The van der Waals surface area contributed by atoms with Crippen LogP contribution in [-0.2, 0) is 19.1 Å². The topological polar surface area (TPSA) is 84.9 Å². The number of esters is 1. The zero-order chi connectivity index (χ0) is 18.7. The van der Waals surface area contributed by atoms with Gasteiger partial charge in [0.25, 0.3) is 0 Å². The van der Waals surface area contributed by atoms with E-state index in [9.17, 15) is 14.4 Å². The molecule has 1 saturated heterocycles. The average molecular weight is 342 g/mol. The van der Waals surface area contributed by atoms with E-state index in [1.165, 1.54) is 12.0 Å². The lowest BCUT2D eigenvalue weighted by Crippen LogP contribution is -2.57. The Balaban J connectivity index is 2.94. The number of carbonyl (C=O) groups excluding carboxylic acids is 3. The number of nitrogens with zero attached hydrogens (tertiary/aromatic N) is 1. The van der Waals surface area contributed by atoms with E-state index in [0.29, 0.717) is 13.0 Å². The highest BCUT2D eigenvalue weighted by Gasteiger charge is 2.42. The Labute approximate surface area is 144 Å². The van der Waals surface area contributed by atoms with E-state index in [4.69, 9.17) is 9.47 Å². The van der Waals surface area contributed by atoms with Crippen LogP contribution in [0.4, 0.5) is 4.79 Å². The second-order valence-corrected chi connectivity index (χ2v) is 8.16. The standard InChI is InChI=1S/C17H30N2O5/c1-16(2,3)12(18-15(22)24-17(4,5)6)13(20)19-10-8-9-11(19)14(21)23-7/h11-12H,8-10H2,1-7H3,(H,18,22). The molecule has 0 aromatic carbocycles. The average Bonchev–Trinajstić information content (AvgIpc) is 2.89. The van der Waals surface area contributed by atoms with Gasteiger partial charge in [-0.3, -0.25) is 4.79 Å². The Bertz CT molecular complexity index is 490. The largest absolute Gasteiger partial charge is 0.467 e. The molecular weight excluding hydrogens is 312 g/mol. The number of hydrogen-bond acceptors (Lipinski definition) is 5. The summed E-state index contributed by atoms with van der Waals surface area (Å²) < 4.78 is 10.0. The summed E-state index contributed by atoms with van der Waals surface area (Å²) in [6.07, 6.45) is 0.654. The molecule has 0 bridgehead atoms. The Morgan fingerprint density at radius 2 is 1.71 bits per heavy atom. The van der Waals surface area contributed by atoms with Gasteiger partial charge < -0.3 is 19.7 Å². The third-order valence-electron chi connectivity index (χ3n) is 3.78. The van der Waals surface area contributed by atoms with Gasteiger partial charge in [0, 0.05) is 6.54 Å². The molecule has 1 N–H and O–H groups in total. The molecule has 24 heavy (non-hydrogen) atoms. The number of hydrogen-bond donors (Lipinski definition) is 1. The molecule has 0 spiro atoms. The summed E-state index contributed by atoms with van der Waals surface area (Å²) in [5.74, 6) is -0.716. The van der Waals surface area contributed by atoms with E-state index in [0.717, 1.165) is 6.42 Å². The minimum absolute atomic E-state index is 0.291. The quantitative estimate of drug-likeness (QED) is 0.794. The van der Waals surface area contributed by atoms with Crippen LogP contribution in [0.2, 0.25) is 0 Å². The first-order valence-electron chi connectivity index (χ1n) is 8.24. The van der Waals surface area contributed by atoms with Crippen molar-refractivity contribution >= 4 is 18.0 Å². The fourth-order valence-electron chi connectivity index (χ4n) is 2.65. The van der Waals surface area contributed by atoms with Crippen LogP contribution in [0.25, 0.3) is 0 Å². The van der Waals surface area contributed by atoms with Gasteiger partial charge in [-0.1, -0.05) is 20.8 Å². The Morgan fingerprint density at radius 3 is 2.17 bits per heavy atom. The predicted octanol–water partition coefficient (Wildman–Crippen LogP) is 2.09. The van der Waals surface area contributed by atoms with Crippen LogP contribution in [0.3, 0.4) is 0 Å². The molecule has 2 amide bonds. The molecule has 0 aromatic rings. The lowest BCUT2D eigenvalue weighted by Gasteiger charge is -2.35. The van der Waals surface area contributed by atoms with Crippen LogP contribution in [0.1, 0.15) is 54.4 Å². The van der Waals surface area contributed by atoms with Crippen LogP contribution in [0.5, 0.6) is 0 Å². The van der Waals surface area contributed by atoms with Crippen molar-refractivity contribution in [3.63, 3.8) is 0 Å². The van der Waals surface area contributed by atoms with E-state index in [1.54, 1.807) is 20.8 Å². The fraction of sp³-hybridized carbons (Fsp3) is 0.824. The number of alkyl carbamates (subject to hydrolysis) is 1.